The highest BCUT2D eigenvalue weighted by Crippen LogP contribution is 2.32. The third-order valence-corrected chi connectivity index (χ3v) is 6.25. The second-order valence-corrected chi connectivity index (χ2v) is 8.75. The zero-order valence-electron chi connectivity index (χ0n) is 19.9. The lowest BCUT2D eigenvalue weighted by Gasteiger charge is -2.15. The zero-order chi connectivity index (χ0) is 24.7. The van der Waals surface area contributed by atoms with E-state index in [1.54, 1.807) is 6.20 Å². The van der Waals surface area contributed by atoms with E-state index in [0.717, 1.165) is 53.0 Å². The number of aromatic nitrogens is 7. The van der Waals surface area contributed by atoms with Crippen molar-refractivity contribution in [3.8, 4) is 28.4 Å². The molecule has 0 saturated heterocycles. The molecule has 0 spiro atoms. The molecule has 8 nitrogen and oxygen atoms in total. The molecule has 0 unspecified atom stereocenters. The van der Waals surface area contributed by atoms with Crippen LogP contribution in [-0.4, -0.2) is 35.2 Å². The van der Waals surface area contributed by atoms with Gasteiger partial charge < -0.3 is 9.30 Å². The van der Waals surface area contributed by atoms with Crippen LogP contribution in [0.15, 0.2) is 72.9 Å². The van der Waals surface area contributed by atoms with E-state index < -0.39 is 0 Å². The van der Waals surface area contributed by atoms with Crippen molar-refractivity contribution < 1.29 is 4.74 Å². The number of halogens is 1. The maximum atomic E-state index is 6.61. The first-order valence-electron chi connectivity index (χ1n) is 11.9. The summed E-state index contributed by atoms with van der Waals surface area (Å²) in [6.07, 6.45) is 4.63. The van der Waals surface area contributed by atoms with Crippen LogP contribution in [0.2, 0.25) is 5.15 Å². The maximum Gasteiger partial charge on any atom is 0.213 e. The number of aryl methyl sites for hydroxylation is 1. The van der Waals surface area contributed by atoms with E-state index in [0.29, 0.717) is 23.4 Å². The highest BCUT2D eigenvalue weighted by atomic mass is 35.5. The highest BCUT2D eigenvalue weighted by Gasteiger charge is 2.19. The standard InChI is InChI=1S/C27H26ClN7O/c1-2-3-11-24-30-26(28)23(18-36-25-12-7-8-15-29-25)35(24)17-19-13-14-21(20-9-5-4-6-10-20)22(16-19)27-31-33-34-32-27/h4-10,12-16H,2-3,11,17-18H2,1H3,(H,31,32,33,34). The average Bonchev–Trinajstić information content (AvgIpc) is 3.56. The molecule has 5 rings (SSSR count). The monoisotopic (exact) mass is 499 g/mol. The predicted molar refractivity (Wildman–Crippen MR) is 139 cm³/mol. The number of imidazole rings is 1. The van der Waals surface area contributed by atoms with Gasteiger partial charge in [-0.25, -0.2) is 9.97 Å². The van der Waals surface area contributed by atoms with Gasteiger partial charge in [0.25, 0.3) is 0 Å². The van der Waals surface area contributed by atoms with E-state index in [4.69, 9.17) is 16.3 Å². The lowest BCUT2D eigenvalue weighted by molar-refractivity contribution is 0.284. The number of pyridine rings is 1. The molecule has 0 atom stereocenters. The van der Waals surface area contributed by atoms with Gasteiger partial charge in [-0.05, 0) is 40.5 Å². The molecule has 36 heavy (non-hydrogen) atoms. The summed E-state index contributed by atoms with van der Waals surface area (Å²) in [5.41, 5.74) is 4.92. The summed E-state index contributed by atoms with van der Waals surface area (Å²) in [6.45, 7) is 3.02. The first-order chi connectivity index (χ1) is 17.7. The number of hydrogen-bond donors (Lipinski definition) is 1. The van der Waals surface area contributed by atoms with Gasteiger partial charge in [0.15, 0.2) is 5.15 Å². The molecule has 1 N–H and O–H groups in total. The number of aromatic amines is 1. The molecule has 3 heterocycles. The second kappa shape index (κ2) is 11.1. The molecule has 0 aliphatic carbocycles. The number of rotatable bonds is 10. The molecule has 0 bridgehead atoms. The van der Waals surface area contributed by atoms with Crippen LogP contribution in [0.25, 0.3) is 22.5 Å². The van der Waals surface area contributed by atoms with Crippen LogP contribution in [0.5, 0.6) is 5.88 Å². The van der Waals surface area contributed by atoms with E-state index in [-0.39, 0.29) is 6.61 Å². The van der Waals surface area contributed by atoms with Gasteiger partial charge >= 0.3 is 0 Å². The van der Waals surface area contributed by atoms with Crippen LogP contribution in [0, 0.1) is 0 Å². The van der Waals surface area contributed by atoms with Gasteiger partial charge in [0.05, 0.1) is 5.69 Å². The Labute approximate surface area is 214 Å². The summed E-state index contributed by atoms with van der Waals surface area (Å²) in [6, 6.07) is 22.1. The largest absolute Gasteiger partial charge is 0.471 e. The van der Waals surface area contributed by atoms with Gasteiger partial charge in [0.1, 0.15) is 12.4 Å². The SMILES string of the molecule is CCCCc1nc(Cl)c(COc2ccccn2)n1Cc1ccc(-c2ccccc2)c(-c2nn[nH]n2)c1. The fourth-order valence-corrected chi connectivity index (χ4v) is 4.39. The van der Waals surface area contributed by atoms with Crippen molar-refractivity contribution in [3.63, 3.8) is 0 Å². The van der Waals surface area contributed by atoms with Gasteiger partial charge in [-0.3, -0.25) is 0 Å². The number of tetrazole rings is 1. The molecular formula is C27H26ClN7O. The minimum absolute atomic E-state index is 0.273. The normalized spacial score (nSPS) is 11.1. The number of hydrogen-bond acceptors (Lipinski definition) is 6. The molecule has 0 fully saturated rings. The number of ether oxygens (including phenoxy) is 1. The Balaban J connectivity index is 1.51. The Morgan fingerprint density at radius 2 is 1.86 bits per heavy atom. The third-order valence-electron chi connectivity index (χ3n) is 5.95. The summed E-state index contributed by atoms with van der Waals surface area (Å²) >= 11 is 6.61. The molecule has 2 aromatic carbocycles. The van der Waals surface area contributed by atoms with E-state index >= 15 is 0 Å². The van der Waals surface area contributed by atoms with Crippen LogP contribution in [0.1, 0.15) is 36.8 Å². The molecule has 0 aliphatic rings. The van der Waals surface area contributed by atoms with Gasteiger partial charge in [-0.15, -0.1) is 10.2 Å². The van der Waals surface area contributed by atoms with Gasteiger partial charge in [0, 0.05) is 30.8 Å². The lowest BCUT2D eigenvalue weighted by Crippen LogP contribution is -2.11. The molecule has 182 valence electrons. The molecule has 3 aromatic heterocycles. The van der Waals surface area contributed by atoms with Crippen LogP contribution in [0.3, 0.4) is 0 Å². The van der Waals surface area contributed by atoms with Crippen molar-refractivity contribution in [3.05, 3.63) is 95.2 Å². The van der Waals surface area contributed by atoms with E-state index in [1.165, 1.54) is 0 Å². The molecule has 0 aliphatic heterocycles. The maximum absolute atomic E-state index is 6.61. The van der Waals surface area contributed by atoms with Crippen molar-refractivity contribution in [2.75, 3.05) is 0 Å². The molecule has 9 heteroatoms. The third kappa shape index (κ3) is 5.28. The fourth-order valence-electron chi connectivity index (χ4n) is 4.13. The molecule has 0 saturated carbocycles. The van der Waals surface area contributed by atoms with Crippen molar-refractivity contribution in [1.82, 2.24) is 35.2 Å². The molecule has 5 aromatic rings. The average molecular weight is 500 g/mol. The minimum Gasteiger partial charge on any atom is -0.471 e. The number of benzene rings is 2. The quantitative estimate of drug-likeness (QED) is 0.263. The summed E-state index contributed by atoms with van der Waals surface area (Å²) < 4.78 is 8.09. The molecular weight excluding hydrogens is 474 g/mol. The van der Waals surface area contributed by atoms with Crippen LogP contribution in [-0.2, 0) is 19.6 Å². The summed E-state index contributed by atoms with van der Waals surface area (Å²) in [7, 11) is 0. The number of nitrogens with zero attached hydrogens (tertiary/aromatic N) is 6. The van der Waals surface area contributed by atoms with Crippen molar-refractivity contribution in [2.45, 2.75) is 39.3 Å². The topological polar surface area (TPSA) is 94.4 Å². The van der Waals surface area contributed by atoms with Crippen molar-refractivity contribution in [1.29, 1.82) is 0 Å². The van der Waals surface area contributed by atoms with E-state index in [1.807, 2.05) is 36.4 Å². The Kier molecular flexibility index (Phi) is 7.33. The van der Waals surface area contributed by atoms with Gasteiger partial charge in [0.2, 0.25) is 11.7 Å². The summed E-state index contributed by atoms with van der Waals surface area (Å²) in [5, 5.41) is 15.3. The van der Waals surface area contributed by atoms with Gasteiger partial charge in [-0.2, -0.15) is 5.21 Å². The van der Waals surface area contributed by atoms with Crippen LogP contribution >= 0.6 is 11.6 Å². The first-order valence-corrected chi connectivity index (χ1v) is 12.3. The second-order valence-electron chi connectivity index (χ2n) is 8.39. The molecule has 0 radical (unpaired) electrons. The summed E-state index contributed by atoms with van der Waals surface area (Å²) in [4.78, 5) is 8.94. The Bertz CT molecular complexity index is 1400. The van der Waals surface area contributed by atoms with Gasteiger partial charge in [-0.1, -0.05) is 73.5 Å². The number of H-pyrrole nitrogens is 1. The van der Waals surface area contributed by atoms with E-state index in [2.05, 4.69) is 72.4 Å². The van der Waals surface area contributed by atoms with Crippen molar-refractivity contribution in [2.24, 2.45) is 0 Å². The van der Waals surface area contributed by atoms with Crippen LogP contribution in [0.4, 0.5) is 0 Å². The van der Waals surface area contributed by atoms with Crippen LogP contribution < -0.4 is 4.74 Å². The predicted octanol–water partition coefficient (Wildman–Crippen LogP) is 5.75. The number of unbranched alkanes of at least 4 members (excludes halogenated alkanes) is 1. The Morgan fingerprint density at radius 1 is 1.00 bits per heavy atom. The highest BCUT2D eigenvalue weighted by molar-refractivity contribution is 6.30. The Hall–Kier alpha value is -4.04. The Morgan fingerprint density at radius 3 is 2.61 bits per heavy atom. The minimum atomic E-state index is 0.273. The molecule has 0 amide bonds. The smallest absolute Gasteiger partial charge is 0.213 e. The first kappa shape index (κ1) is 23.7. The zero-order valence-corrected chi connectivity index (χ0v) is 20.7. The lowest BCUT2D eigenvalue weighted by atomic mass is 9.97. The van der Waals surface area contributed by atoms with Crippen molar-refractivity contribution >= 4 is 11.6 Å². The summed E-state index contributed by atoms with van der Waals surface area (Å²) in [5.74, 6) is 2.03. The number of nitrogens with one attached hydrogen (secondary N) is 1. The fraction of sp³-hybridized carbons (Fsp3) is 0.222. The van der Waals surface area contributed by atoms with E-state index in [9.17, 15) is 0 Å².